The summed E-state index contributed by atoms with van der Waals surface area (Å²) in [4.78, 5) is 28.6. The molecule has 7 heteroatoms. The van der Waals surface area contributed by atoms with E-state index in [1.807, 2.05) is 57.0 Å². The first kappa shape index (κ1) is 22.0. The lowest BCUT2D eigenvalue weighted by Gasteiger charge is -2.39. The standard InChI is InChI=1S/C21H34N4O3/c1-15-14-24(5)11-10-18(15)25(6)19(26)23-17-9-7-8-16(12-17)13-22-20(27)28-21(2,3)4/h7-9,12,15,18H,10-11,13-14H2,1-6H3,(H,22,27)(H,23,26). The number of urea groups is 1. The zero-order valence-electron chi connectivity index (χ0n) is 17.9. The molecule has 2 rings (SSSR count). The van der Waals surface area contributed by atoms with E-state index in [-0.39, 0.29) is 12.1 Å². The van der Waals surface area contributed by atoms with Crippen molar-refractivity contribution in [3.63, 3.8) is 0 Å². The number of nitrogens with zero attached hydrogens (tertiary/aromatic N) is 2. The van der Waals surface area contributed by atoms with E-state index in [0.717, 1.165) is 25.1 Å². The number of likely N-dealkylation sites (tertiary alicyclic amines) is 1. The van der Waals surface area contributed by atoms with Crippen molar-refractivity contribution in [2.45, 2.75) is 52.3 Å². The number of carbonyl (C=O) groups excluding carboxylic acids is 2. The summed E-state index contributed by atoms with van der Waals surface area (Å²) < 4.78 is 5.24. The Kier molecular flexibility index (Phi) is 7.29. The summed E-state index contributed by atoms with van der Waals surface area (Å²) in [6.07, 6.45) is 0.513. The fraction of sp³-hybridized carbons (Fsp3) is 0.619. The number of rotatable bonds is 4. The van der Waals surface area contributed by atoms with Gasteiger partial charge in [0.25, 0.3) is 0 Å². The van der Waals surface area contributed by atoms with Gasteiger partial charge in [-0.25, -0.2) is 9.59 Å². The molecule has 1 aromatic rings. The minimum absolute atomic E-state index is 0.112. The second-order valence-corrected chi connectivity index (χ2v) is 8.69. The molecule has 1 heterocycles. The molecule has 1 saturated heterocycles. The Bertz CT molecular complexity index is 686. The van der Waals surface area contributed by atoms with E-state index in [9.17, 15) is 9.59 Å². The van der Waals surface area contributed by atoms with E-state index in [0.29, 0.717) is 18.2 Å². The van der Waals surface area contributed by atoms with E-state index in [4.69, 9.17) is 4.74 Å². The Morgan fingerprint density at radius 1 is 1.32 bits per heavy atom. The predicted molar refractivity (Wildman–Crippen MR) is 111 cm³/mol. The van der Waals surface area contributed by atoms with Crippen LogP contribution in [0, 0.1) is 5.92 Å². The molecule has 0 spiro atoms. The molecular weight excluding hydrogens is 356 g/mol. The summed E-state index contributed by atoms with van der Waals surface area (Å²) in [6.45, 7) is 9.99. The van der Waals surface area contributed by atoms with E-state index in [2.05, 4.69) is 29.5 Å². The van der Waals surface area contributed by atoms with Gasteiger partial charge in [0.15, 0.2) is 0 Å². The predicted octanol–water partition coefficient (Wildman–Crippen LogP) is 3.52. The average Bonchev–Trinajstić information content (AvgIpc) is 2.58. The van der Waals surface area contributed by atoms with E-state index < -0.39 is 11.7 Å². The fourth-order valence-electron chi connectivity index (χ4n) is 3.53. The van der Waals surface area contributed by atoms with Crippen molar-refractivity contribution < 1.29 is 14.3 Å². The third-order valence-corrected chi connectivity index (χ3v) is 4.89. The summed E-state index contributed by atoms with van der Waals surface area (Å²) in [5.74, 6) is 0.430. The van der Waals surface area contributed by atoms with Crippen LogP contribution in [-0.2, 0) is 11.3 Å². The molecule has 0 bridgehead atoms. The van der Waals surface area contributed by atoms with Gasteiger partial charge in [-0.15, -0.1) is 0 Å². The molecule has 156 valence electrons. The Balaban J connectivity index is 1.91. The number of piperidine rings is 1. The van der Waals surface area contributed by atoms with E-state index in [1.165, 1.54) is 0 Å². The number of nitrogens with one attached hydrogen (secondary N) is 2. The van der Waals surface area contributed by atoms with Crippen LogP contribution in [0.2, 0.25) is 0 Å². The second-order valence-electron chi connectivity index (χ2n) is 8.69. The molecule has 0 radical (unpaired) electrons. The molecule has 1 aliphatic heterocycles. The lowest BCUT2D eigenvalue weighted by atomic mass is 9.93. The van der Waals surface area contributed by atoms with Gasteiger partial charge in [0.05, 0.1) is 0 Å². The van der Waals surface area contributed by atoms with Gasteiger partial charge in [-0.2, -0.15) is 0 Å². The third kappa shape index (κ3) is 6.71. The van der Waals surface area contributed by atoms with Crippen molar-refractivity contribution in [3.8, 4) is 0 Å². The molecule has 1 aliphatic rings. The molecule has 0 aliphatic carbocycles. The normalized spacial score (nSPS) is 20.4. The van der Waals surface area contributed by atoms with Gasteiger partial charge in [0.1, 0.15) is 5.60 Å². The van der Waals surface area contributed by atoms with Crippen molar-refractivity contribution in [2.75, 3.05) is 32.5 Å². The van der Waals surface area contributed by atoms with Crippen LogP contribution < -0.4 is 10.6 Å². The highest BCUT2D eigenvalue weighted by Crippen LogP contribution is 2.21. The number of benzene rings is 1. The maximum absolute atomic E-state index is 12.7. The van der Waals surface area contributed by atoms with Crippen LogP contribution in [0.5, 0.6) is 0 Å². The summed E-state index contributed by atoms with van der Waals surface area (Å²) in [7, 11) is 3.97. The Labute approximate surface area is 168 Å². The molecule has 2 N–H and O–H groups in total. The van der Waals surface area contributed by atoms with E-state index in [1.54, 1.807) is 0 Å². The van der Waals surface area contributed by atoms with Crippen molar-refractivity contribution in [2.24, 2.45) is 5.92 Å². The number of hydrogen-bond donors (Lipinski definition) is 2. The monoisotopic (exact) mass is 390 g/mol. The average molecular weight is 391 g/mol. The Morgan fingerprint density at radius 3 is 2.68 bits per heavy atom. The molecule has 0 saturated carbocycles. The van der Waals surface area contributed by atoms with Gasteiger partial charge in [0.2, 0.25) is 0 Å². The second kappa shape index (κ2) is 9.28. The molecule has 28 heavy (non-hydrogen) atoms. The highest BCUT2D eigenvalue weighted by atomic mass is 16.6. The van der Waals surface area contributed by atoms with Crippen molar-refractivity contribution in [1.82, 2.24) is 15.1 Å². The summed E-state index contributed by atoms with van der Waals surface area (Å²) in [5.41, 5.74) is 1.06. The highest BCUT2D eigenvalue weighted by molar-refractivity contribution is 5.89. The highest BCUT2D eigenvalue weighted by Gasteiger charge is 2.29. The smallest absolute Gasteiger partial charge is 0.407 e. The minimum Gasteiger partial charge on any atom is -0.444 e. The molecular formula is C21H34N4O3. The van der Waals surface area contributed by atoms with Gasteiger partial charge in [-0.1, -0.05) is 19.1 Å². The summed E-state index contributed by atoms with van der Waals surface area (Å²) >= 11 is 0. The number of hydrogen-bond acceptors (Lipinski definition) is 4. The Hall–Kier alpha value is -2.28. The van der Waals surface area contributed by atoms with Gasteiger partial charge in [-0.3, -0.25) is 0 Å². The van der Waals surface area contributed by atoms with Crippen LogP contribution in [0.25, 0.3) is 0 Å². The lowest BCUT2D eigenvalue weighted by Crippen LogP contribution is -2.50. The first-order chi connectivity index (χ1) is 13.0. The maximum Gasteiger partial charge on any atom is 0.407 e. The van der Waals surface area contributed by atoms with Crippen LogP contribution in [0.15, 0.2) is 24.3 Å². The minimum atomic E-state index is -0.532. The molecule has 3 amide bonds. The van der Waals surface area contributed by atoms with Crippen molar-refractivity contribution in [3.05, 3.63) is 29.8 Å². The zero-order valence-corrected chi connectivity index (χ0v) is 17.9. The number of ether oxygens (including phenoxy) is 1. The van der Waals surface area contributed by atoms with Gasteiger partial charge < -0.3 is 25.2 Å². The maximum atomic E-state index is 12.7. The number of alkyl carbamates (subject to hydrolysis) is 1. The first-order valence-corrected chi connectivity index (χ1v) is 9.83. The molecule has 1 fully saturated rings. The fourth-order valence-corrected chi connectivity index (χ4v) is 3.53. The zero-order chi connectivity index (χ0) is 20.9. The van der Waals surface area contributed by atoms with Crippen LogP contribution in [-0.4, -0.2) is 60.8 Å². The quantitative estimate of drug-likeness (QED) is 0.825. The summed E-state index contributed by atoms with van der Waals surface area (Å²) in [5, 5.41) is 5.70. The first-order valence-electron chi connectivity index (χ1n) is 9.83. The van der Waals surface area contributed by atoms with Crippen LogP contribution in [0.3, 0.4) is 0 Å². The van der Waals surface area contributed by atoms with Crippen molar-refractivity contribution in [1.29, 1.82) is 0 Å². The van der Waals surface area contributed by atoms with Crippen LogP contribution in [0.1, 0.15) is 39.7 Å². The SMILES string of the molecule is CC1CN(C)CCC1N(C)C(=O)Nc1cccc(CNC(=O)OC(C)(C)C)c1. The molecule has 7 nitrogen and oxygen atoms in total. The molecule has 2 atom stereocenters. The number of amides is 3. The number of anilines is 1. The third-order valence-electron chi connectivity index (χ3n) is 4.89. The van der Waals surface area contributed by atoms with Crippen molar-refractivity contribution >= 4 is 17.8 Å². The topological polar surface area (TPSA) is 73.9 Å². The largest absolute Gasteiger partial charge is 0.444 e. The van der Waals surface area contributed by atoms with Gasteiger partial charge >= 0.3 is 12.1 Å². The molecule has 0 aromatic heterocycles. The lowest BCUT2D eigenvalue weighted by molar-refractivity contribution is 0.0523. The molecule has 2 unspecified atom stereocenters. The van der Waals surface area contributed by atoms with Crippen LogP contribution in [0.4, 0.5) is 15.3 Å². The number of carbonyl (C=O) groups is 2. The Morgan fingerprint density at radius 2 is 2.04 bits per heavy atom. The summed E-state index contributed by atoms with van der Waals surface area (Å²) in [6, 6.07) is 7.59. The van der Waals surface area contributed by atoms with Crippen LogP contribution >= 0.6 is 0 Å². The molecule has 1 aromatic carbocycles. The van der Waals surface area contributed by atoms with Gasteiger partial charge in [-0.05, 0) is 64.4 Å². The van der Waals surface area contributed by atoms with Gasteiger partial charge in [0, 0.05) is 31.9 Å². The van der Waals surface area contributed by atoms with E-state index >= 15 is 0 Å².